The molecular weight excluding hydrogens is 191 g/mol. The van der Waals surface area contributed by atoms with Crippen LogP contribution >= 0.6 is 7.37 Å². The molecule has 2 atom stereocenters. The lowest BCUT2D eigenvalue weighted by atomic mass is 10.3. The molecule has 0 aromatic rings. The van der Waals surface area contributed by atoms with Gasteiger partial charge in [-0.05, 0) is 12.8 Å². The molecule has 0 aliphatic carbocycles. The van der Waals surface area contributed by atoms with Crippen LogP contribution in [0.15, 0.2) is 0 Å². The van der Waals surface area contributed by atoms with Gasteiger partial charge in [-0.3, -0.25) is 4.57 Å². The van der Waals surface area contributed by atoms with E-state index in [1.165, 1.54) is 0 Å². The predicted molar refractivity (Wildman–Crippen MR) is 51.7 cm³/mol. The molecule has 0 aliphatic rings. The summed E-state index contributed by atoms with van der Waals surface area (Å²) in [4.78, 5) is 9.37. The van der Waals surface area contributed by atoms with Crippen molar-refractivity contribution in [1.29, 1.82) is 0 Å². The Hall–Kier alpha value is 0.110. The first kappa shape index (κ1) is 13.1. The van der Waals surface area contributed by atoms with Gasteiger partial charge in [0.15, 0.2) is 0 Å². The van der Waals surface area contributed by atoms with E-state index in [0.29, 0.717) is 12.8 Å². The maximum atomic E-state index is 11.4. The summed E-state index contributed by atoms with van der Waals surface area (Å²) in [7, 11) is -3.80. The maximum Gasteiger partial charge on any atom is 0.255 e. The molecule has 13 heavy (non-hydrogen) atoms. The molecule has 0 radical (unpaired) electrons. The van der Waals surface area contributed by atoms with Crippen LogP contribution in [0.4, 0.5) is 0 Å². The molecule has 0 saturated heterocycles. The van der Waals surface area contributed by atoms with Crippen molar-refractivity contribution in [3.8, 4) is 0 Å². The zero-order chi connectivity index (χ0) is 10.5. The SMILES string of the molecule is CCCC(O)P(=O)(O)C(O)CCC. The second-order valence-corrected chi connectivity index (χ2v) is 5.75. The first-order valence-electron chi connectivity index (χ1n) is 4.65. The number of hydrogen-bond donors (Lipinski definition) is 3. The summed E-state index contributed by atoms with van der Waals surface area (Å²) in [6.07, 6.45) is 1.78. The molecule has 5 heteroatoms. The first-order chi connectivity index (χ1) is 5.96. The molecule has 0 saturated carbocycles. The van der Waals surface area contributed by atoms with Crippen LogP contribution in [-0.2, 0) is 4.57 Å². The molecule has 0 amide bonds. The van der Waals surface area contributed by atoms with Gasteiger partial charge in [0.25, 0.3) is 7.37 Å². The summed E-state index contributed by atoms with van der Waals surface area (Å²) in [5, 5.41) is 18.6. The average Bonchev–Trinajstić information content (AvgIpc) is 2.05. The molecule has 0 aromatic carbocycles. The van der Waals surface area contributed by atoms with Gasteiger partial charge in [0, 0.05) is 0 Å². The summed E-state index contributed by atoms with van der Waals surface area (Å²) in [6, 6.07) is 0. The smallest absolute Gasteiger partial charge is 0.255 e. The second-order valence-electron chi connectivity index (χ2n) is 3.21. The molecule has 0 aromatic heterocycles. The van der Waals surface area contributed by atoms with Crippen LogP contribution in [0.1, 0.15) is 39.5 Å². The van der Waals surface area contributed by atoms with Crippen molar-refractivity contribution in [2.24, 2.45) is 0 Å². The van der Waals surface area contributed by atoms with Crippen LogP contribution in [0.5, 0.6) is 0 Å². The van der Waals surface area contributed by atoms with E-state index in [-0.39, 0.29) is 12.8 Å². The zero-order valence-electron chi connectivity index (χ0n) is 8.18. The van der Waals surface area contributed by atoms with E-state index in [0.717, 1.165) is 0 Å². The van der Waals surface area contributed by atoms with Crippen molar-refractivity contribution in [2.75, 3.05) is 0 Å². The third-order valence-electron chi connectivity index (χ3n) is 1.95. The van der Waals surface area contributed by atoms with Crippen LogP contribution in [0.2, 0.25) is 0 Å². The zero-order valence-corrected chi connectivity index (χ0v) is 9.07. The Bertz CT molecular complexity index is 167. The minimum absolute atomic E-state index is 0.258. The van der Waals surface area contributed by atoms with Crippen LogP contribution < -0.4 is 0 Å². The summed E-state index contributed by atoms with van der Waals surface area (Å²) in [5.41, 5.74) is 0. The summed E-state index contributed by atoms with van der Waals surface area (Å²) >= 11 is 0. The standard InChI is InChI=1S/C8H19O4P/c1-3-5-7(9)13(11,12)8(10)6-4-2/h7-10H,3-6H2,1-2H3,(H,11,12). The molecule has 2 unspecified atom stereocenters. The van der Waals surface area contributed by atoms with E-state index in [2.05, 4.69) is 0 Å². The third kappa shape index (κ3) is 3.77. The van der Waals surface area contributed by atoms with Gasteiger partial charge in [0.2, 0.25) is 0 Å². The second kappa shape index (κ2) is 5.76. The lowest BCUT2D eigenvalue weighted by Gasteiger charge is -2.22. The first-order valence-corrected chi connectivity index (χ1v) is 6.44. The van der Waals surface area contributed by atoms with Crippen LogP contribution in [0, 0.1) is 0 Å². The van der Waals surface area contributed by atoms with E-state index < -0.39 is 19.1 Å². The highest BCUT2D eigenvalue weighted by atomic mass is 31.2. The summed E-state index contributed by atoms with van der Waals surface area (Å²) < 4.78 is 11.4. The molecule has 0 bridgehead atoms. The minimum atomic E-state index is -3.80. The quantitative estimate of drug-likeness (QED) is 0.580. The van der Waals surface area contributed by atoms with Crippen molar-refractivity contribution < 1.29 is 19.7 Å². The Balaban J connectivity index is 4.27. The third-order valence-corrected chi connectivity index (χ3v) is 4.17. The lowest BCUT2D eigenvalue weighted by molar-refractivity contribution is 0.172. The Labute approximate surface area is 79.1 Å². The highest BCUT2D eigenvalue weighted by molar-refractivity contribution is 7.59. The lowest BCUT2D eigenvalue weighted by Crippen LogP contribution is -2.18. The fourth-order valence-electron chi connectivity index (χ4n) is 1.08. The van der Waals surface area contributed by atoms with Crippen molar-refractivity contribution in [1.82, 2.24) is 0 Å². The predicted octanol–water partition coefficient (Wildman–Crippen LogP) is 1.49. The highest BCUT2D eigenvalue weighted by Crippen LogP contribution is 2.51. The molecule has 80 valence electrons. The van der Waals surface area contributed by atoms with E-state index in [9.17, 15) is 19.7 Å². The maximum absolute atomic E-state index is 11.4. The van der Waals surface area contributed by atoms with E-state index in [1.54, 1.807) is 0 Å². The highest BCUT2D eigenvalue weighted by Gasteiger charge is 2.35. The van der Waals surface area contributed by atoms with Crippen molar-refractivity contribution in [3.63, 3.8) is 0 Å². The van der Waals surface area contributed by atoms with Gasteiger partial charge in [-0.25, -0.2) is 0 Å². The van der Waals surface area contributed by atoms with Gasteiger partial charge in [-0.15, -0.1) is 0 Å². The van der Waals surface area contributed by atoms with Gasteiger partial charge in [-0.1, -0.05) is 26.7 Å². The Morgan fingerprint density at radius 1 is 1.08 bits per heavy atom. The van der Waals surface area contributed by atoms with Crippen molar-refractivity contribution >= 4 is 7.37 Å². The van der Waals surface area contributed by atoms with E-state index >= 15 is 0 Å². The molecule has 4 nitrogen and oxygen atoms in total. The van der Waals surface area contributed by atoms with E-state index in [1.807, 2.05) is 13.8 Å². The van der Waals surface area contributed by atoms with Gasteiger partial charge >= 0.3 is 0 Å². The van der Waals surface area contributed by atoms with Crippen molar-refractivity contribution in [2.45, 2.75) is 51.2 Å². The molecule has 0 spiro atoms. The summed E-state index contributed by atoms with van der Waals surface area (Å²) in [6.45, 7) is 3.63. The van der Waals surface area contributed by atoms with Crippen LogP contribution in [0.3, 0.4) is 0 Å². The number of aliphatic hydroxyl groups is 2. The number of aliphatic hydroxyl groups excluding tert-OH is 2. The van der Waals surface area contributed by atoms with E-state index in [4.69, 9.17) is 0 Å². The molecule has 0 aliphatic heterocycles. The molecule has 0 rings (SSSR count). The Kier molecular flexibility index (Phi) is 5.81. The molecule has 0 fully saturated rings. The number of rotatable bonds is 6. The fourth-order valence-corrected chi connectivity index (χ4v) is 2.74. The fraction of sp³-hybridized carbons (Fsp3) is 1.00. The minimum Gasteiger partial charge on any atom is -0.383 e. The molecule has 0 heterocycles. The monoisotopic (exact) mass is 210 g/mol. The van der Waals surface area contributed by atoms with Gasteiger partial charge in [0.05, 0.1) is 0 Å². The Morgan fingerprint density at radius 2 is 1.38 bits per heavy atom. The van der Waals surface area contributed by atoms with Crippen LogP contribution in [0.25, 0.3) is 0 Å². The van der Waals surface area contributed by atoms with Gasteiger partial charge < -0.3 is 15.1 Å². The molecule has 3 N–H and O–H groups in total. The largest absolute Gasteiger partial charge is 0.383 e. The normalized spacial score (nSPS) is 20.7. The van der Waals surface area contributed by atoms with Crippen molar-refractivity contribution in [3.05, 3.63) is 0 Å². The average molecular weight is 210 g/mol. The Morgan fingerprint density at radius 3 is 1.62 bits per heavy atom. The summed E-state index contributed by atoms with van der Waals surface area (Å²) in [5.74, 6) is -2.56. The van der Waals surface area contributed by atoms with Crippen LogP contribution in [-0.4, -0.2) is 26.8 Å². The topological polar surface area (TPSA) is 77.8 Å². The number of hydrogen-bond acceptors (Lipinski definition) is 3. The van der Waals surface area contributed by atoms with Gasteiger partial charge in [0.1, 0.15) is 11.7 Å². The van der Waals surface area contributed by atoms with Gasteiger partial charge in [-0.2, -0.15) is 0 Å². The molecular formula is C8H19O4P.